The summed E-state index contributed by atoms with van der Waals surface area (Å²) in [5.74, 6) is 0.342. The molecule has 0 aliphatic heterocycles. The van der Waals surface area contributed by atoms with Crippen molar-refractivity contribution in [3.05, 3.63) is 35.2 Å². The van der Waals surface area contributed by atoms with E-state index in [0.29, 0.717) is 29.6 Å². The zero-order valence-corrected chi connectivity index (χ0v) is 14.6. The number of halogens is 1. The Hall–Kier alpha value is -1.52. The molecule has 0 unspecified atom stereocenters. The van der Waals surface area contributed by atoms with Crippen LogP contribution in [0.5, 0.6) is 0 Å². The van der Waals surface area contributed by atoms with E-state index in [1.165, 1.54) is 0 Å². The summed E-state index contributed by atoms with van der Waals surface area (Å²) in [6, 6.07) is 6.97. The Morgan fingerprint density at radius 2 is 2.12 bits per heavy atom. The average molecular weight is 376 g/mol. The van der Waals surface area contributed by atoms with Gasteiger partial charge in [-0.05, 0) is 12.1 Å². The molecule has 0 aliphatic carbocycles. The van der Waals surface area contributed by atoms with E-state index in [0.717, 1.165) is 0 Å². The normalized spacial score (nSPS) is 11.8. The highest BCUT2D eigenvalue weighted by atomic mass is 35.5. The van der Waals surface area contributed by atoms with Gasteiger partial charge in [0.15, 0.2) is 0 Å². The number of methoxy groups -OCH3 is 1. The van der Waals surface area contributed by atoms with Crippen molar-refractivity contribution in [2.45, 2.75) is 6.54 Å². The number of benzene rings is 1. The SMILES string of the molecule is COCCOCCS(=O)(=O)NCc1nc(-c2cccc(Cl)c2)no1. The second-order valence-corrected chi connectivity index (χ2v) is 7.13. The van der Waals surface area contributed by atoms with Crippen LogP contribution in [-0.2, 0) is 26.0 Å². The molecule has 0 saturated heterocycles. The molecule has 0 radical (unpaired) electrons. The van der Waals surface area contributed by atoms with Crippen LogP contribution in [0.3, 0.4) is 0 Å². The molecular formula is C14H18ClN3O5S. The van der Waals surface area contributed by atoms with Crippen molar-refractivity contribution in [1.29, 1.82) is 0 Å². The zero-order chi connectivity index (χ0) is 17.4. The molecule has 1 aromatic carbocycles. The Morgan fingerprint density at radius 3 is 2.88 bits per heavy atom. The lowest BCUT2D eigenvalue weighted by molar-refractivity contribution is 0.0784. The van der Waals surface area contributed by atoms with Crippen LogP contribution < -0.4 is 4.72 Å². The van der Waals surface area contributed by atoms with Gasteiger partial charge < -0.3 is 14.0 Å². The monoisotopic (exact) mass is 375 g/mol. The second-order valence-electron chi connectivity index (χ2n) is 4.77. The van der Waals surface area contributed by atoms with Crippen molar-refractivity contribution in [3.63, 3.8) is 0 Å². The van der Waals surface area contributed by atoms with E-state index in [-0.39, 0.29) is 24.8 Å². The van der Waals surface area contributed by atoms with Crippen LogP contribution in [0.4, 0.5) is 0 Å². The summed E-state index contributed by atoms with van der Waals surface area (Å²) in [6.07, 6.45) is 0. The van der Waals surface area contributed by atoms with Gasteiger partial charge in [-0.25, -0.2) is 13.1 Å². The minimum atomic E-state index is -3.49. The van der Waals surface area contributed by atoms with Crippen LogP contribution in [0.25, 0.3) is 11.4 Å². The fourth-order valence-electron chi connectivity index (χ4n) is 1.73. The van der Waals surface area contributed by atoms with Gasteiger partial charge in [-0.2, -0.15) is 4.98 Å². The summed E-state index contributed by atoms with van der Waals surface area (Å²) in [6.45, 7) is 0.755. The molecule has 1 aromatic heterocycles. The summed E-state index contributed by atoms with van der Waals surface area (Å²) in [4.78, 5) is 4.13. The summed E-state index contributed by atoms with van der Waals surface area (Å²) in [5, 5.41) is 4.36. The van der Waals surface area contributed by atoms with E-state index >= 15 is 0 Å². The van der Waals surface area contributed by atoms with Crippen molar-refractivity contribution in [2.75, 3.05) is 32.7 Å². The van der Waals surface area contributed by atoms with Crippen LogP contribution in [0, 0.1) is 0 Å². The van der Waals surface area contributed by atoms with Crippen LogP contribution >= 0.6 is 11.6 Å². The Morgan fingerprint density at radius 1 is 1.29 bits per heavy atom. The van der Waals surface area contributed by atoms with E-state index in [2.05, 4.69) is 14.9 Å². The molecule has 24 heavy (non-hydrogen) atoms. The molecule has 1 heterocycles. The Balaban J connectivity index is 1.84. The van der Waals surface area contributed by atoms with Gasteiger partial charge in [-0.3, -0.25) is 0 Å². The lowest BCUT2D eigenvalue weighted by Crippen LogP contribution is -2.28. The van der Waals surface area contributed by atoms with Crippen molar-refractivity contribution < 1.29 is 22.4 Å². The second kappa shape index (κ2) is 9.09. The van der Waals surface area contributed by atoms with Crippen molar-refractivity contribution in [3.8, 4) is 11.4 Å². The lowest BCUT2D eigenvalue weighted by Gasteiger charge is -2.05. The number of hydrogen-bond acceptors (Lipinski definition) is 7. The number of nitrogens with zero attached hydrogens (tertiary/aromatic N) is 2. The van der Waals surface area contributed by atoms with Crippen LogP contribution in [-0.4, -0.2) is 51.2 Å². The molecule has 10 heteroatoms. The Labute approximate surface area is 145 Å². The first kappa shape index (κ1) is 18.8. The van der Waals surface area contributed by atoms with Gasteiger partial charge in [0.05, 0.1) is 32.1 Å². The van der Waals surface area contributed by atoms with Crippen LogP contribution in [0.2, 0.25) is 5.02 Å². The molecule has 2 rings (SSSR count). The van der Waals surface area contributed by atoms with Gasteiger partial charge in [-0.1, -0.05) is 28.9 Å². The highest BCUT2D eigenvalue weighted by Gasteiger charge is 2.14. The van der Waals surface area contributed by atoms with Gasteiger partial charge >= 0.3 is 0 Å². The van der Waals surface area contributed by atoms with E-state index in [1.54, 1.807) is 31.4 Å². The van der Waals surface area contributed by atoms with Gasteiger partial charge in [-0.15, -0.1) is 0 Å². The van der Waals surface area contributed by atoms with Gasteiger partial charge in [0.2, 0.25) is 21.7 Å². The number of rotatable bonds is 10. The molecule has 2 aromatic rings. The standard InChI is InChI=1S/C14H18ClN3O5S/c1-21-5-6-22-7-8-24(19,20)16-10-13-17-14(18-23-13)11-3-2-4-12(15)9-11/h2-4,9,16H,5-8,10H2,1H3. The third-order valence-electron chi connectivity index (χ3n) is 2.92. The van der Waals surface area contributed by atoms with E-state index in [4.69, 9.17) is 25.6 Å². The molecular weight excluding hydrogens is 358 g/mol. The molecule has 0 atom stereocenters. The molecule has 0 fully saturated rings. The first-order valence-electron chi connectivity index (χ1n) is 7.13. The number of aromatic nitrogens is 2. The molecule has 0 amide bonds. The van der Waals surface area contributed by atoms with E-state index < -0.39 is 10.0 Å². The number of nitrogens with one attached hydrogen (secondary N) is 1. The van der Waals surface area contributed by atoms with Crippen LogP contribution in [0.1, 0.15) is 5.89 Å². The summed E-state index contributed by atoms with van der Waals surface area (Å²) in [5.41, 5.74) is 0.687. The first-order valence-corrected chi connectivity index (χ1v) is 9.16. The lowest BCUT2D eigenvalue weighted by atomic mass is 10.2. The number of ether oxygens (including phenoxy) is 2. The molecule has 0 aliphatic rings. The maximum absolute atomic E-state index is 11.8. The Bertz CT molecular complexity index is 750. The average Bonchev–Trinajstić information content (AvgIpc) is 3.02. The first-order chi connectivity index (χ1) is 11.5. The van der Waals surface area contributed by atoms with Gasteiger partial charge in [0, 0.05) is 17.7 Å². The van der Waals surface area contributed by atoms with Gasteiger partial charge in [0.1, 0.15) is 0 Å². The summed E-state index contributed by atoms with van der Waals surface area (Å²) >= 11 is 5.91. The zero-order valence-electron chi connectivity index (χ0n) is 13.1. The number of sulfonamides is 1. The largest absolute Gasteiger partial charge is 0.382 e. The molecule has 0 spiro atoms. The molecule has 0 bridgehead atoms. The Kier molecular flexibility index (Phi) is 7.13. The third-order valence-corrected chi connectivity index (χ3v) is 4.45. The predicted octanol–water partition coefficient (Wildman–Crippen LogP) is 1.47. The summed E-state index contributed by atoms with van der Waals surface area (Å²) < 4.78 is 41.0. The van der Waals surface area contributed by atoms with Gasteiger partial charge in [0.25, 0.3) is 0 Å². The number of hydrogen-bond donors (Lipinski definition) is 1. The smallest absolute Gasteiger partial charge is 0.242 e. The highest BCUT2D eigenvalue weighted by Crippen LogP contribution is 2.19. The topological polar surface area (TPSA) is 104 Å². The molecule has 0 saturated carbocycles. The predicted molar refractivity (Wildman–Crippen MR) is 88.1 cm³/mol. The van der Waals surface area contributed by atoms with Crippen LogP contribution in [0.15, 0.2) is 28.8 Å². The minimum absolute atomic E-state index is 0.0797. The highest BCUT2D eigenvalue weighted by molar-refractivity contribution is 7.89. The fraction of sp³-hybridized carbons (Fsp3) is 0.429. The molecule has 1 N–H and O–H groups in total. The fourth-order valence-corrected chi connectivity index (χ4v) is 2.74. The summed E-state index contributed by atoms with van der Waals surface area (Å²) in [7, 11) is -1.95. The molecule has 8 nitrogen and oxygen atoms in total. The third kappa shape index (κ3) is 6.17. The van der Waals surface area contributed by atoms with E-state index in [9.17, 15) is 8.42 Å². The van der Waals surface area contributed by atoms with E-state index in [1.807, 2.05) is 0 Å². The minimum Gasteiger partial charge on any atom is -0.382 e. The van der Waals surface area contributed by atoms with Crippen molar-refractivity contribution >= 4 is 21.6 Å². The maximum Gasteiger partial charge on any atom is 0.242 e. The van der Waals surface area contributed by atoms with Crippen molar-refractivity contribution in [1.82, 2.24) is 14.9 Å². The molecule has 132 valence electrons. The van der Waals surface area contributed by atoms with Crippen molar-refractivity contribution in [2.24, 2.45) is 0 Å². The quantitative estimate of drug-likeness (QED) is 0.627. The maximum atomic E-state index is 11.8.